The molecule has 372 valence electrons. The molecule has 71 heavy (non-hydrogen) atoms. The molecule has 5 aliphatic rings. The fourth-order valence-electron chi connectivity index (χ4n) is 11.2. The predicted molar refractivity (Wildman–Crippen MR) is 278 cm³/mol. The lowest BCUT2D eigenvalue weighted by atomic mass is 9.88. The SMILES string of the molecule is CCc1cc(Nc2ncc(Br)c(Nc3ccc4nc(C)ccc4c3[P+]3(O)CC=CC3)n2)c(OC)cc1N1CCC(N2CCN(C(=O)[C@@H]3CCN(c4cc(F)c(C5CC(=O)NC(=O)C5)c(F)c4)C3)CC2)CC1. The third-order valence-electron chi connectivity index (χ3n) is 14.9. The number of carbonyl (C=O) groups excluding carboxylic acids is 3. The van der Waals surface area contributed by atoms with Crippen LogP contribution < -0.4 is 35.8 Å². The Morgan fingerprint density at radius 1 is 0.887 bits per heavy atom. The Balaban J connectivity index is 0.747. The maximum absolute atomic E-state index is 15.3. The van der Waals surface area contributed by atoms with Gasteiger partial charge in [-0.15, -0.1) is 0 Å². The second kappa shape index (κ2) is 20.4. The van der Waals surface area contributed by atoms with Crippen LogP contribution in [0.1, 0.15) is 61.8 Å². The Hall–Kier alpha value is -5.81. The fourth-order valence-corrected chi connectivity index (χ4v) is 14.2. The third kappa shape index (κ3) is 10.0. The minimum atomic E-state index is -2.52. The standard InChI is InChI=1S/C52H58BrF2N10O5P/c1-4-32-23-43(59-52-56-29-38(53)50(61-52)58-42-10-9-41-37(8-7-31(2)57-41)49(42)71(69)21-5-6-22-71)45(70-3)28-44(32)63-15-12-35(13-16-63)62-17-19-64(20-18-62)51(68)33-11-14-65(30-33)36-26-39(54)48(40(55)27-36)34-24-46(66)60-47(67)25-34/h5-10,23,26-29,33-35,69H,4,11-22,24-25,30H2,1-3H3,(H2-,56,58,59,60,61,66,67)/p+1/t33-/m1/s1. The highest BCUT2D eigenvalue weighted by atomic mass is 79.9. The van der Waals surface area contributed by atoms with E-state index >= 15 is 8.78 Å². The van der Waals surface area contributed by atoms with Crippen LogP contribution in [0.5, 0.6) is 5.75 Å². The molecule has 0 unspecified atom stereocenters. The number of imide groups is 1. The van der Waals surface area contributed by atoms with E-state index in [0.717, 1.165) is 84.4 Å². The van der Waals surface area contributed by atoms with Crippen LogP contribution in [0.25, 0.3) is 10.9 Å². The number of benzene rings is 3. The molecule has 5 aromatic rings. The van der Waals surface area contributed by atoms with Gasteiger partial charge in [0.05, 0.1) is 34.4 Å². The van der Waals surface area contributed by atoms with Gasteiger partial charge in [-0.1, -0.05) is 6.92 Å². The Bertz CT molecular complexity index is 2880. The third-order valence-corrected chi connectivity index (χ3v) is 18.4. The number of amides is 3. The van der Waals surface area contributed by atoms with Crippen LogP contribution in [-0.4, -0.2) is 125 Å². The second-order valence-corrected chi connectivity index (χ2v) is 23.2. The minimum absolute atomic E-state index is 0.0794. The van der Waals surface area contributed by atoms with E-state index in [2.05, 4.69) is 83.9 Å². The van der Waals surface area contributed by atoms with Crippen molar-refractivity contribution in [1.82, 2.24) is 30.1 Å². The molecule has 15 nitrogen and oxygen atoms in total. The summed E-state index contributed by atoms with van der Waals surface area (Å²) in [6, 6.07) is 15.1. The maximum Gasteiger partial charge on any atom is 0.229 e. The average Bonchev–Trinajstić information content (AvgIpc) is 4.05. The summed E-state index contributed by atoms with van der Waals surface area (Å²) in [5, 5.41) is 11.0. The molecule has 0 saturated carbocycles. The average molecular weight is 1050 g/mol. The number of methoxy groups -OCH3 is 1. The van der Waals surface area contributed by atoms with Crippen LogP contribution in [0.4, 0.5) is 43.3 Å². The van der Waals surface area contributed by atoms with E-state index in [1.165, 1.54) is 17.7 Å². The second-order valence-electron chi connectivity index (χ2n) is 19.3. The van der Waals surface area contributed by atoms with Crippen LogP contribution >= 0.6 is 23.4 Å². The lowest BCUT2D eigenvalue weighted by molar-refractivity contribution is -0.137. The van der Waals surface area contributed by atoms with Gasteiger partial charge in [0, 0.05) is 117 Å². The molecular weight excluding hydrogens is 994 g/mol. The number of pyridine rings is 1. The Labute approximate surface area is 421 Å². The number of nitrogens with zero attached hydrogens (tertiary/aromatic N) is 7. The lowest BCUT2D eigenvalue weighted by Gasteiger charge is -2.44. The zero-order valence-electron chi connectivity index (χ0n) is 40.2. The summed E-state index contributed by atoms with van der Waals surface area (Å²) in [5.74, 6) is -2.07. The van der Waals surface area contributed by atoms with Crippen molar-refractivity contribution in [3.05, 3.63) is 99.8 Å². The smallest absolute Gasteiger partial charge is 0.229 e. The molecule has 4 fully saturated rings. The maximum atomic E-state index is 15.3. The number of fused-ring (bicyclic) bond motifs is 1. The summed E-state index contributed by atoms with van der Waals surface area (Å²) >= 11 is 3.66. The molecule has 10 rings (SSSR count). The largest absolute Gasteiger partial charge is 0.494 e. The van der Waals surface area contributed by atoms with Crippen LogP contribution in [0, 0.1) is 24.5 Å². The minimum Gasteiger partial charge on any atom is -0.494 e. The first-order valence-electron chi connectivity index (χ1n) is 24.5. The van der Waals surface area contributed by atoms with Crippen molar-refractivity contribution in [2.45, 2.75) is 64.3 Å². The van der Waals surface area contributed by atoms with Crippen LogP contribution in [0.15, 0.2) is 71.4 Å². The van der Waals surface area contributed by atoms with Gasteiger partial charge in [-0.25, -0.2) is 18.7 Å². The molecular formula is C52H59BrF2N10O5P+. The number of anilines is 6. The van der Waals surface area contributed by atoms with Crippen LogP contribution in [0.3, 0.4) is 0 Å². The number of nitrogens with one attached hydrogen (secondary N) is 3. The predicted octanol–water partition coefficient (Wildman–Crippen LogP) is 7.71. The molecule has 1 atom stereocenters. The van der Waals surface area contributed by atoms with Gasteiger partial charge >= 0.3 is 0 Å². The van der Waals surface area contributed by atoms with Crippen molar-refractivity contribution in [2.24, 2.45) is 5.92 Å². The highest BCUT2D eigenvalue weighted by molar-refractivity contribution is 9.10. The molecule has 0 bridgehead atoms. The molecule has 0 spiro atoms. The van der Waals surface area contributed by atoms with Gasteiger partial charge in [-0.05, 0) is 109 Å². The van der Waals surface area contributed by atoms with E-state index in [1.54, 1.807) is 13.3 Å². The summed E-state index contributed by atoms with van der Waals surface area (Å²) in [6.45, 7) is 9.60. The van der Waals surface area contributed by atoms with E-state index in [1.807, 2.05) is 34.9 Å². The van der Waals surface area contributed by atoms with Gasteiger partial charge < -0.3 is 30.1 Å². The zero-order chi connectivity index (χ0) is 49.6. The van der Waals surface area contributed by atoms with Crippen molar-refractivity contribution in [2.75, 3.05) is 92.2 Å². The van der Waals surface area contributed by atoms with Gasteiger partial charge in [-0.2, -0.15) is 4.98 Å². The van der Waals surface area contributed by atoms with E-state index in [0.29, 0.717) is 78.6 Å². The number of halogens is 3. The first-order chi connectivity index (χ1) is 34.3. The van der Waals surface area contributed by atoms with Crippen molar-refractivity contribution in [3.63, 3.8) is 0 Å². The van der Waals surface area contributed by atoms with E-state index in [9.17, 15) is 19.3 Å². The van der Waals surface area contributed by atoms with Crippen molar-refractivity contribution in [1.29, 1.82) is 0 Å². The number of aromatic nitrogens is 3. The molecule has 19 heteroatoms. The number of rotatable bonds is 12. The highest BCUT2D eigenvalue weighted by Crippen LogP contribution is 2.59. The number of carbonyl (C=O) groups is 3. The van der Waals surface area contributed by atoms with Gasteiger partial charge in [-0.3, -0.25) is 29.6 Å². The van der Waals surface area contributed by atoms with Gasteiger partial charge in [0.25, 0.3) is 0 Å². The van der Waals surface area contributed by atoms with Crippen LogP contribution in [0.2, 0.25) is 0 Å². The molecule has 2 aromatic heterocycles. The van der Waals surface area contributed by atoms with E-state index in [-0.39, 0.29) is 30.2 Å². The van der Waals surface area contributed by atoms with Crippen molar-refractivity contribution in [3.8, 4) is 5.75 Å². The van der Waals surface area contributed by atoms with Gasteiger partial charge in [0.1, 0.15) is 29.7 Å². The summed E-state index contributed by atoms with van der Waals surface area (Å²) < 4.78 is 37.3. The quantitative estimate of drug-likeness (QED) is 0.0546. The number of aryl methyl sites for hydroxylation is 2. The summed E-state index contributed by atoms with van der Waals surface area (Å²) in [4.78, 5) is 72.6. The molecule has 4 saturated heterocycles. The molecule has 5 aliphatic heterocycles. The van der Waals surface area contributed by atoms with E-state index in [4.69, 9.17) is 14.7 Å². The van der Waals surface area contributed by atoms with Gasteiger partial charge in [0.15, 0.2) is 18.6 Å². The highest BCUT2D eigenvalue weighted by Gasteiger charge is 2.44. The summed E-state index contributed by atoms with van der Waals surface area (Å²) in [7, 11) is -0.847. The van der Waals surface area contributed by atoms with Gasteiger partial charge in [0.2, 0.25) is 23.7 Å². The number of allylic oxidation sites excluding steroid dienone is 2. The van der Waals surface area contributed by atoms with E-state index < -0.39 is 36.9 Å². The number of hydrogen-bond donors (Lipinski definition) is 4. The van der Waals surface area contributed by atoms with Crippen molar-refractivity contribution >= 4 is 91.9 Å². The van der Waals surface area contributed by atoms with Crippen molar-refractivity contribution < 1.29 is 32.8 Å². The number of hydrogen-bond acceptors (Lipinski definition) is 13. The number of piperidine rings is 2. The number of ether oxygens (including phenoxy) is 1. The molecule has 3 aromatic carbocycles. The molecule has 4 N–H and O–H groups in total. The monoisotopic (exact) mass is 1050 g/mol. The molecule has 3 amide bonds. The Kier molecular flexibility index (Phi) is 14.0. The zero-order valence-corrected chi connectivity index (χ0v) is 42.7. The number of piperazine rings is 1. The normalized spacial score (nSPS) is 20.0. The fraction of sp³-hybridized carbons (Fsp3) is 0.423. The Morgan fingerprint density at radius 2 is 1.59 bits per heavy atom. The summed E-state index contributed by atoms with van der Waals surface area (Å²) in [5.41, 5.74) is 5.74. The summed E-state index contributed by atoms with van der Waals surface area (Å²) in [6.07, 6.45) is 10.1. The first kappa shape index (κ1) is 48.8. The Morgan fingerprint density at radius 3 is 2.28 bits per heavy atom. The van der Waals surface area contributed by atoms with Crippen LogP contribution in [-0.2, 0) is 20.8 Å². The molecule has 0 radical (unpaired) electrons. The first-order valence-corrected chi connectivity index (χ1v) is 27.5. The lowest BCUT2D eigenvalue weighted by Crippen LogP contribution is -2.55. The topological polar surface area (TPSA) is 168 Å². The molecule has 7 heterocycles. The molecule has 0 aliphatic carbocycles.